The molecule has 3 nitrogen and oxygen atoms in total. The molecular weight excluding hydrogens is 413 g/mol. The van der Waals surface area contributed by atoms with Gasteiger partial charge in [0.15, 0.2) is 0 Å². The fraction of sp³-hybridized carbons (Fsp3) is 0.136. The molecule has 1 N–H and O–H groups in total. The summed E-state index contributed by atoms with van der Waals surface area (Å²) in [5.41, 5.74) is 2.18. The summed E-state index contributed by atoms with van der Waals surface area (Å²) in [6.45, 7) is 2.50. The largest absolute Gasteiger partial charge is 0.494 e. The summed E-state index contributed by atoms with van der Waals surface area (Å²) in [6, 6.07) is 20.2. The van der Waals surface area contributed by atoms with E-state index in [1.54, 1.807) is 42.1 Å². The van der Waals surface area contributed by atoms with E-state index in [9.17, 15) is 4.79 Å². The number of ether oxygens (including phenoxy) is 1. The van der Waals surface area contributed by atoms with Crippen LogP contribution in [0.3, 0.4) is 0 Å². The monoisotopic (exact) mass is 431 g/mol. The highest BCUT2D eigenvalue weighted by Gasteiger charge is 2.12. The average Bonchev–Trinajstić information content (AvgIpc) is 2.68. The zero-order valence-electron chi connectivity index (χ0n) is 15.2. The van der Waals surface area contributed by atoms with E-state index in [4.69, 9.17) is 27.9 Å². The van der Waals surface area contributed by atoms with E-state index < -0.39 is 0 Å². The predicted octanol–water partition coefficient (Wildman–Crippen LogP) is 6.94. The molecular formula is C22H19Cl2NO2S. The topological polar surface area (TPSA) is 38.3 Å². The lowest BCUT2D eigenvalue weighted by molar-refractivity contribution is 0.102. The number of amides is 1. The van der Waals surface area contributed by atoms with Crippen LogP contribution in [-0.4, -0.2) is 12.5 Å². The number of halogens is 2. The molecule has 1 amide bonds. The first kappa shape index (κ1) is 20.6. The van der Waals surface area contributed by atoms with E-state index >= 15 is 0 Å². The Bertz CT molecular complexity index is 961. The van der Waals surface area contributed by atoms with Crippen LogP contribution in [0.15, 0.2) is 71.6 Å². The van der Waals surface area contributed by atoms with Crippen LogP contribution in [0, 0.1) is 0 Å². The molecule has 0 saturated heterocycles. The zero-order chi connectivity index (χ0) is 19.9. The number of carbonyl (C=O) groups excluding carboxylic acids is 1. The van der Waals surface area contributed by atoms with E-state index in [2.05, 4.69) is 5.32 Å². The van der Waals surface area contributed by atoms with Crippen LogP contribution in [0.1, 0.15) is 22.8 Å². The third-order valence-electron chi connectivity index (χ3n) is 3.91. The van der Waals surface area contributed by atoms with Gasteiger partial charge in [-0.1, -0.05) is 29.3 Å². The van der Waals surface area contributed by atoms with Gasteiger partial charge >= 0.3 is 0 Å². The van der Waals surface area contributed by atoms with Crippen molar-refractivity contribution < 1.29 is 9.53 Å². The molecule has 3 rings (SSSR count). The molecule has 3 aromatic carbocycles. The maximum Gasteiger partial charge on any atom is 0.255 e. The Labute approximate surface area is 179 Å². The summed E-state index contributed by atoms with van der Waals surface area (Å²) >= 11 is 13.6. The average molecular weight is 432 g/mol. The van der Waals surface area contributed by atoms with Crippen LogP contribution < -0.4 is 10.1 Å². The zero-order valence-corrected chi connectivity index (χ0v) is 17.6. The standard InChI is InChI=1S/C22H19Cl2NO2S/c1-2-27-21-11-6-15(22(26)25-19-5-3-4-18(24)13-19)12-16(21)14-28-20-9-7-17(23)8-10-20/h3-13H,2,14H2,1H3,(H,25,26). The van der Waals surface area contributed by atoms with Gasteiger partial charge in [0.05, 0.1) is 6.61 Å². The lowest BCUT2D eigenvalue weighted by Gasteiger charge is -2.13. The maximum absolute atomic E-state index is 12.6. The van der Waals surface area contributed by atoms with Crippen molar-refractivity contribution in [3.05, 3.63) is 87.9 Å². The molecule has 28 heavy (non-hydrogen) atoms. The van der Waals surface area contributed by atoms with Gasteiger partial charge in [-0.15, -0.1) is 11.8 Å². The van der Waals surface area contributed by atoms with Crippen molar-refractivity contribution in [2.45, 2.75) is 17.6 Å². The highest BCUT2D eigenvalue weighted by molar-refractivity contribution is 7.98. The van der Waals surface area contributed by atoms with E-state index in [1.807, 2.05) is 43.3 Å². The van der Waals surface area contributed by atoms with E-state index in [0.717, 1.165) is 16.2 Å². The molecule has 0 aliphatic heterocycles. The quantitative estimate of drug-likeness (QED) is 0.411. The minimum Gasteiger partial charge on any atom is -0.494 e. The Morgan fingerprint density at radius 2 is 1.79 bits per heavy atom. The maximum atomic E-state index is 12.6. The van der Waals surface area contributed by atoms with Gasteiger partial charge in [-0.25, -0.2) is 0 Å². The molecule has 0 radical (unpaired) electrons. The van der Waals surface area contributed by atoms with Gasteiger partial charge in [0.1, 0.15) is 5.75 Å². The summed E-state index contributed by atoms with van der Waals surface area (Å²) < 4.78 is 5.73. The Hall–Kier alpha value is -2.14. The van der Waals surface area contributed by atoms with Crippen molar-refractivity contribution in [2.75, 3.05) is 11.9 Å². The minimum atomic E-state index is -0.192. The highest BCUT2D eigenvalue weighted by Crippen LogP contribution is 2.30. The van der Waals surface area contributed by atoms with E-state index in [-0.39, 0.29) is 5.91 Å². The molecule has 3 aromatic rings. The second-order valence-corrected chi connectivity index (χ2v) is 7.88. The lowest BCUT2D eigenvalue weighted by Crippen LogP contribution is -2.12. The molecule has 0 fully saturated rings. The highest BCUT2D eigenvalue weighted by atomic mass is 35.5. The van der Waals surface area contributed by atoms with Gasteiger partial charge in [0.25, 0.3) is 5.91 Å². The van der Waals surface area contributed by atoms with E-state index in [1.165, 1.54) is 0 Å². The number of anilines is 1. The number of hydrogen-bond donors (Lipinski definition) is 1. The van der Waals surface area contributed by atoms with Gasteiger partial charge in [-0.2, -0.15) is 0 Å². The number of carbonyl (C=O) groups is 1. The first-order valence-corrected chi connectivity index (χ1v) is 10.5. The second kappa shape index (κ2) is 9.87. The molecule has 0 heterocycles. The summed E-state index contributed by atoms with van der Waals surface area (Å²) in [5.74, 6) is 1.27. The Kier molecular flexibility index (Phi) is 7.26. The number of rotatable bonds is 7. The van der Waals surface area contributed by atoms with Crippen LogP contribution in [-0.2, 0) is 5.75 Å². The first-order chi connectivity index (χ1) is 13.5. The van der Waals surface area contributed by atoms with Gasteiger partial charge in [-0.05, 0) is 67.6 Å². The smallest absolute Gasteiger partial charge is 0.255 e. The van der Waals surface area contributed by atoms with Crippen LogP contribution >= 0.6 is 35.0 Å². The van der Waals surface area contributed by atoms with Gasteiger partial charge < -0.3 is 10.1 Å². The fourth-order valence-corrected chi connectivity index (χ4v) is 3.78. The molecule has 0 aliphatic carbocycles. The Morgan fingerprint density at radius 3 is 2.50 bits per heavy atom. The van der Waals surface area contributed by atoms with Gasteiger partial charge in [-0.3, -0.25) is 4.79 Å². The van der Waals surface area contributed by atoms with Crippen LogP contribution in [0.5, 0.6) is 5.75 Å². The number of thioether (sulfide) groups is 1. The number of hydrogen-bond acceptors (Lipinski definition) is 3. The number of benzene rings is 3. The second-order valence-electron chi connectivity index (χ2n) is 5.96. The van der Waals surface area contributed by atoms with Crippen molar-refractivity contribution in [3.8, 4) is 5.75 Å². The van der Waals surface area contributed by atoms with Crippen molar-refractivity contribution >= 4 is 46.6 Å². The van der Waals surface area contributed by atoms with Crippen molar-refractivity contribution in [2.24, 2.45) is 0 Å². The van der Waals surface area contributed by atoms with E-state index in [0.29, 0.717) is 33.7 Å². The number of nitrogens with one attached hydrogen (secondary N) is 1. The lowest BCUT2D eigenvalue weighted by atomic mass is 10.1. The van der Waals surface area contributed by atoms with Crippen LogP contribution in [0.2, 0.25) is 10.0 Å². The summed E-state index contributed by atoms with van der Waals surface area (Å²) in [5, 5.41) is 4.15. The Balaban J connectivity index is 1.77. The molecule has 0 atom stereocenters. The van der Waals surface area contributed by atoms with Crippen molar-refractivity contribution in [3.63, 3.8) is 0 Å². The van der Waals surface area contributed by atoms with Crippen LogP contribution in [0.25, 0.3) is 0 Å². The minimum absolute atomic E-state index is 0.192. The van der Waals surface area contributed by atoms with Crippen LogP contribution in [0.4, 0.5) is 5.69 Å². The van der Waals surface area contributed by atoms with Crippen molar-refractivity contribution in [1.82, 2.24) is 0 Å². The third-order valence-corrected chi connectivity index (χ3v) is 5.46. The molecule has 144 valence electrons. The Morgan fingerprint density at radius 1 is 1.00 bits per heavy atom. The molecule has 0 bridgehead atoms. The molecule has 0 aliphatic rings. The normalized spacial score (nSPS) is 10.5. The molecule has 0 saturated carbocycles. The summed E-state index contributed by atoms with van der Waals surface area (Å²) in [7, 11) is 0. The first-order valence-electron chi connectivity index (χ1n) is 8.76. The molecule has 0 spiro atoms. The summed E-state index contributed by atoms with van der Waals surface area (Å²) in [6.07, 6.45) is 0. The molecule has 0 unspecified atom stereocenters. The van der Waals surface area contributed by atoms with Gasteiger partial charge in [0.2, 0.25) is 0 Å². The molecule has 6 heteroatoms. The van der Waals surface area contributed by atoms with Gasteiger partial charge in [0, 0.05) is 37.5 Å². The predicted molar refractivity (Wildman–Crippen MR) is 118 cm³/mol. The van der Waals surface area contributed by atoms with Crippen molar-refractivity contribution in [1.29, 1.82) is 0 Å². The molecule has 0 aromatic heterocycles. The summed E-state index contributed by atoms with van der Waals surface area (Å²) in [4.78, 5) is 13.7. The third kappa shape index (κ3) is 5.68. The fourth-order valence-electron chi connectivity index (χ4n) is 2.59. The SMILES string of the molecule is CCOc1ccc(C(=O)Nc2cccc(Cl)c2)cc1CSc1ccc(Cl)cc1.